The molecule has 0 saturated carbocycles. The number of rotatable bonds is 0. The highest BCUT2D eigenvalue weighted by Gasteiger charge is 2.56. The summed E-state index contributed by atoms with van der Waals surface area (Å²) >= 11 is 0. The standard InChI is InChI=1S/C15H15NO4/c1-14(2)8-15(9-7-18-13(17)12(9)20-14)16-10-5-3-4-6-11(10)19-15/h3-6,16H,7-8H2,1-2H3. The Morgan fingerprint density at radius 3 is 2.80 bits per heavy atom. The number of carbonyl (C=O) groups is 1. The van der Waals surface area contributed by atoms with Gasteiger partial charge in [-0.15, -0.1) is 0 Å². The first-order chi connectivity index (χ1) is 9.49. The van der Waals surface area contributed by atoms with E-state index in [9.17, 15) is 4.79 Å². The first-order valence-electron chi connectivity index (χ1n) is 6.65. The number of nitrogens with one attached hydrogen (secondary N) is 1. The molecule has 4 rings (SSSR count). The van der Waals surface area contributed by atoms with E-state index < -0.39 is 17.3 Å². The number of fused-ring (bicyclic) bond motifs is 2. The molecule has 3 heterocycles. The monoisotopic (exact) mass is 273 g/mol. The van der Waals surface area contributed by atoms with E-state index in [4.69, 9.17) is 14.2 Å². The Morgan fingerprint density at radius 1 is 1.20 bits per heavy atom. The van der Waals surface area contributed by atoms with Crippen LogP contribution < -0.4 is 10.1 Å². The van der Waals surface area contributed by atoms with Crippen LogP contribution in [-0.2, 0) is 14.3 Å². The Balaban J connectivity index is 1.84. The van der Waals surface area contributed by atoms with Crippen molar-refractivity contribution in [3.8, 4) is 5.75 Å². The van der Waals surface area contributed by atoms with E-state index in [1.165, 1.54) is 0 Å². The third kappa shape index (κ3) is 1.46. The van der Waals surface area contributed by atoms with Crippen molar-refractivity contribution < 1.29 is 19.0 Å². The van der Waals surface area contributed by atoms with Crippen LogP contribution in [-0.4, -0.2) is 23.9 Å². The maximum absolute atomic E-state index is 11.8. The zero-order valence-corrected chi connectivity index (χ0v) is 11.4. The molecule has 1 aromatic carbocycles. The highest BCUT2D eigenvalue weighted by molar-refractivity contribution is 5.91. The predicted molar refractivity (Wildman–Crippen MR) is 71.2 cm³/mol. The van der Waals surface area contributed by atoms with Crippen molar-refractivity contribution >= 4 is 11.7 Å². The second-order valence-corrected chi connectivity index (χ2v) is 5.97. The van der Waals surface area contributed by atoms with Crippen LogP contribution in [0, 0.1) is 0 Å². The first kappa shape index (κ1) is 11.6. The second-order valence-electron chi connectivity index (χ2n) is 5.97. The molecular formula is C15H15NO4. The van der Waals surface area contributed by atoms with Gasteiger partial charge in [0, 0.05) is 0 Å². The number of benzene rings is 1. The highest BCUT2D eigenvalue weighted by atomic mass is 16.6. The van der Waals surface area contributed by atoms with Gasteiger partial charge in [-0.1, -0.05) is 12.1 Å². The largest absolute Gasteiger partial charge is 0.480 e. The summed E-state index contributed by atoms with van der Waals surface area (Å²) in [5.41, 5.74) is 0.430. The molecule has 1 spiro atoms. The topological polar surface area (TPSA) is 56.8 Å². The molecule has 0 radical (unpaired) electrons. The number of anilines is 1. The summed E-state index contributed by atoms with van der Waals surface area (Å²) in [6.45, 7) is 4.10. The Hall–Kier alpha value is -2.17. The summed E-state index contributed by atoms with van der Waals surface area (Å²) in [6.07, 6.45) is 0.601. The van der Waals surface area contributed by atoms with E-state index in [0.29, 0.717) is 12.2 Å². The van der Waals surface area contributed by atoms with Crippen LogP contribution in [0.25, 0.3) is 0 Å². The van der Waals surface area contributed by atoms with Gasteiger partial charge in [0.2, 0.25) is 11.5 Å². The van der Waals surface area contributed by atoms with Crippen molar-refractivity contribution in [1.29, 1.82) is 0 Å². The Kier molecular flexibility index (Phi) is 2.02. The number of hydrogen-bond donors (Lipinski definition) is 1. The van der Waals surface area contributed by atoms with Gasteiger partial charge in [0.1, 0.15) is 18.0 Å². The van der Waals surface area contributed by atoms with E-state index in [-0.39, 0.29) is 6.61 Å². The van der Waals surface area contributed by atoms with E-state index in [1.807, 2.05) is 38.1 Å². The van der Waals surface area contributed by atoms with Gasteiger partial charge < -0.3 is 19.5 Å². The van der Waals surface area contributed by atoms with Crippen LogP contribution in [0.5, 0.6) is 5.75 Å². The van der Waals surface area contributed by atoms with Crippen molar-refractivity contribution in [2.45, 2.75) is 31.6 Å². The summed E-state index contributed by atoms with van der Waals surface area (Å²) in [5, 5.41) is 3.41. The van der Waals surface area contributed by atoms with Crippen LogP contribution in [0.2, 0.25) is 0 Å². The summed E-state index contributed by atoms with van der Waals surface area (Å²) in [5.74, 6) is 0.673. The molecule has 0 amide bonds. The predicted octanol–water partition coefficient (Wildman–Crippen LogP) is 2.20. The molecule has 5 heteroatoms. The van der Waals surface area contributed by atoms with Crippen molar-refractivity contribution in [2.24, 2.45) is 0 Å². The van der Waals surface area contributed by atoms with E-state index in [1.54, 1.807) is 0 Å². The molecule has 20 heavy (non-hydrogen) atoms. The molecule has 0 aliphatic carbocycles. The lowest BCUT2D eigenvalue weighted by Gasteiger charge is -2.41. The van der Waals surface area contributed by atoms with Crippen LogP contribution in [0.1, 0.15) is 20.3 Å². The van der Waals surface area contributed by atoms with Gasteiger partial charge in [-0.2, -0.15) is 0 Å². The third-order valence-electron chi connectivity index (χ3n) is 3.86. The van der Waals surface area contributed by atoms with Gasteiger partial charge in [-0.25, -0.2) is 4.79 Å². The Morgan fingerprint density at radius 2 is 2.00 bits per heavy atom. The number of hydrogen-bond acceptors (Lipinski definition) is 5. The Bertz CT molecular complexity index is 622. The molecule has 3 aliphatic rings. The fourth-order valence-electron chi connectivity index (χ4n) is 3.12. The normalized spacial score (nSPS) is 29.2. The van der Waals surface area contributed by atoms with E-state index >= 15 is 0 Å². The fourth-order valence-corrected chi connectivity index (χ4v) is 3.12. The van der Waals surface area contributed by atoms with Gasteiger partial charge in [0.05, 0.1) is 17.7 Å². The summed E-state index contributed by atoms with van der Waals surface area (Å²) in [4.78, 5) is 11.8. The molecule has 5 nitrogen and oxygen atoms in total. The average molecular weight is 273 g/mol. The number of esters is 1. The molecule has 0 saturated heterocycles. The van der Waals surface area contributed by atoms with Crippen molar-refractivity contribution in [3.05, 3.63) is 35.6 Å². The van der Waals surface area contributed by atoms with E-state index in [2.05, 4.69) is 5.32 Å². The second kappa shape index (κ2) is 3.48. The van der Waals surface area contributed by atoms with E-state index in [0.717, 1.165) is 17.0 Å². The lowest BCUT2D eigenvalue weighted by atomic mass is 9.87. The zero-order valence-electron chi connectivity index (χ0n) is 11.4. The molecule has 1 N–H and O–H groups in total. The lowest BCUT2D eigenvalue weighted by molar-refractivity contribution is -0.142. The van der Waals surface area contributed by atoms with Crippen molar-refractivity contribution in [1.82, 2.24) is 0 Å². The van der Waals surface area contributed by atoms with Gasteiger partial charge in [0.25, 0.3) is 0 Å². The maximum Gasteiger partial charge on any atom is 0.374 e. The molecule has 1 unspecified atom stereocenters. The van der Waals surface area contributed by atoms with Crippen LogP contribution in [0.15, 0.2) is 35.6 Å². The van der Waals surface area contributed by atoms with Crippen LogP contribution in [0.3, 0.4) is 0 Å². The van der Waals surface area contributed by atoms with Crippen molar-refractivity contribution in [2.75, 3.05) is 11.9 Å². The lowest BCUT2D eigenvalue weighted by Crippen LogP contribution is -2.52. The minimum atomic E-state index is -0.743. The molecule has 104 valence electrons. The zero-order chi connectivity index (χ0) is 14.0. The molecule has 3 aliphatic heterocycles. The first-order valence-corrected chi connectivity index (χ1v) is 6.65. The van der Waals surface area contributed by atoms with Crippen LogP contribution in [0.4, 0.5) is 5.69 Å². The molecule has 0 aromatic heterocycles. The van der Waals surface area contributed by atoms with Crippen molar-refractivity contribution in [3.63, 3.8) is 0 Å². The minimum absolute atomic E-state index is 0.214. The fraction of sp³-hybridized carbons (Fsp3) is 0.400. The molecule has 1 atom stereocenters. The average Bonchev–Trinajstić information content (AvgIpc) is 2.90. The molecule has 1 aromatic rings. The number of carbonyl (C=O) groups excluding carboxylic acids is 1. The number of para-hydroxylation sites is 2. The summed E-state index contributed by atoms with van der Waals surface area (Å²) in [6, 6.07) is 7.75. The molecule has 0 fully saturated rings. The van der Waals surface area contributed by atoms with Gasteiger partial charge in [-0.05, 0) is 26.0 Å². The summed E-state index contributed by atoms with van der Waals surface area (Å²) in [7, 11) is 0. The quantitative estimate of drug-likeness (QED) is 0.734. The third-order valence-corrected chi connectivity index (χ3v) is 3.86. The minimum Gasteiger partial charge on any atom is -0.480 e. The maximum atomic E-state index is 11.8. The highest BCUT2D eigenvalue weighted by Crippen LogP contribution is 2.49. The molecule has 0 bridgehead atoms. The smallest absolute Gasteiger partial charge is 0.374 e. The summed E-state index contributed by atoms with van der Waals surface area (Å²) < 4.78 is 17.1. The SMILES string of the molecule is CC1(C)CC2(Nc3ccccc3O2)C2=C(O1)C(=O)OC2. The molecular weight excluding hydrogens is 258 g/mol. The number of ether oxygens (including phenoxy) is 3. The van der Waals surface area contributed by atoms with Gasteiger partial charge in [0.15, 0.2) is 0 Å². The Labute approximate surface area is 116 Å². The van der Waals surface area contributed by atoms with Crippen LogP contribution >= 0.6 is 0 Å². The van der Waals surface area contributed by atoms with Gasteiger partial charge >= 0.3 is 5.97 Å². The van der Waals surface area contributed by atoms with Gasteiger partial charge in [-0.3, -0.25) is 0 Å². The number of cyclic esters (lactones) is 1.